The predicted molar refractivity (Wildman–Crippen MR) is 53.0 cm³/mol. The minimum atomic E-state index is -0.798. The standard InChI is InChI=1S/C10H19NO3/c1-10(2,3)14-8-5-7(11)6(8)4-9(12)13/h6-8H,4-5,11H2,1-3H3,(H,12,13)/t6-,7+,8-/m1/s1. The van der Waals surface area contributed by atoms with Crippen molar-refractivity contribution < 1.29 is 14.6 Å². The molecule has 1 rings (SSSR count). The molecule has 1 aliphatic carbocycles. The largest absolute Gasteiger partial charge is 0.481 e. The molecule has 14 heavy (non-hydrogen) atoms. The van der Waals surface area contributed by atoms with Crippen molar-refractivity contribution in [3.05, 3.63) is 0 Å². The van der Waals surface area contributed by atoms with E-state index in [0.717, 1.165) is 6.42 Å². The Balaban J connectivity index is 2.44. The quantitative estimate of drug-likeness (QED) is 0.714. The van der Waals surface area contributed by atoms with Crippen molar-refractivity contribution in [1.29, 1.82) is 0 Å². The molecule has 0 radical (unpaired) electrons. The highest BCUT2D eigenvalue weighted by molar-refractivity contribution is 5.67. The maximum atomic E-state index is 10.5. The molecule has 3 N–H and O–H groups in total. The summed E-state index contributed by atoms with van der Waals surface area (Å²) in [7, 11) is 0. The van der Waals surface area contributed by atoms with Crippen molar-refractivity contribution in [3.63, 3.8) is 0 Å². The van der Waals surface area contributed by atoms with Crippen LogP contribution in [0.3, 0.4) is 0 Å². The Bertz CT molecular complexity index is 222. The lowest BCUT2D eigenvalue weighted by atomic mass is 9.74. The Kier molecular flexibility index (Phi) is 3.17. The van der Waals surface area contributed by atoms with E-state index in [4.69, 9.17) is 15.6 Å². The Morgan fingerprint density at radius 2 is 2.14 bits per heavy atom. The van der Waals surface area contributed by atoms with Crippen molar-refractivity contribution in [2.75, 3.05) is 0 Å². The smallest absolute Gasteiger partial charge is 0.303 e. The van der Waals surface area contributed by atoms with Gasteiger partial charge in [-0.05, 0) is 27.2 Å². The summed E-state index contributed by atoms with van der Waals surface area (Å²) in [6, 6.07) is -0.0153. The molecular weight excluding hydrogens is 182 g/mol. The van der Waals surface area contributed by atoms with Crippen LogP contribution < -0.4 is 5.73 Å². The van der Waals surface area contributed by atoms with E-state index in [9.17, 15) is 4.79 Å². The van der Waals surface area contributed by atoms with Crippen LogP contribution in [0.15, 0.2) is 0 Å². The van der Waals surface area contributed by atoms with Crippen molar-refractivity contribution in [1.82, 2.24) is 0 Å². The number of carboxylic acid groups (broad SMARTS) is 1. The van der Waals surface area contributed by atoms with E-state index < -0.39 is 5.97 Å². The normalized spacial score (nSPS) is 32.4. The summed E-state index contributed by atoms with van der Waals surface area (Å²) in [5, 5.41) is 8.67. The number of hydrogen-bond donors (Lipinski definition) is 2. The fraction of sp³-hybridized carbons (Fsp3) is 0.900. The van der Waals surface area contributed by atoms with Crippen LogP contribution in [-0.2, 0) is 9.53 Å². The highest BCUT2D eigenvalue weighted by atomic mass is 16.5. The lowest BCUT2D eigenvalue weighted by Gasteiger charge is -2.44. The van der Waals surface area contributed by atoms with E-state index in [0.29, 0.717) is 0 Å². The van der Waals surface area contributed by atoms with Gasteiger partial charge in [-0.15, -0.1) is 0 Å². The highest BCUT2D eigenvalue weighted by Crippen LogP contribution is 2.34. The maximum absolute atomic E-state index is 10.5. The van der Waals surface area contributed by atoms with Crippen molar-refractivity contribution >= 4 is 5.97 Å². The molecule has 0 unspecified atom stereocenters. The molecule has 0 amide bonds. The second-order valence-electron chi connectivity index (χ2n) is 4.93. The topological polar surface area (TPSA) is 72.5 Å². The fourth-order valence-corrected chi connectivity index (χ4v) is 1.77. The molecule has 0 spiro atoms. The maximum Gasteiger partial charge on any atom is 0.303 e. The first-order valence-corrected chi connectivity index (χ1v) is 4.95. The average Bonchev–Trinajstić information content (AvgIpc) is 1.97. The van der Waals surface area contributed by atoms with E-state index in [1.165, 1.54) is 0 Å². The number of aliphatic carboxylic acids is 1. The minimum Gasteiger partial charge on any atom is -0.481 e. The summed E-state index contributed by atoms with van der Waals surface area (Å²) in [5.41, 5.74) is 5.52. The van der Waals surface area contributed by atoms with E-state index in [2.05, 4.69) is 0 Å². The van der Waals surface area contributed by atoms with Gasteiger partial charge in [-0.3, -0.25) is 4.79 Å². The van der Waals surface area contributed by atoms with Crippen molar-refractivity contribution in [2.45, 2.75) is 51.4 Å². The lowest BCUT2D eigenvalue weighted by molar-refractivity contribution is -0.154. The van der Waals surface area contributed by atoms with Crippen LogP contribution in [0.25, 0.3) is 0 Å². The van der Waals surface area contributed by atoms with Gasteiger partial charge in [0.1, 0.15) is 0 Å². The van der Waals surface area contributed by atoms with E-state index >= 15 is 0 Å². The van der Waals surface area contributed by atoms with E-state index in [1.807, 2.05) is 20.8 Å². The molecule has 0 bridgehead atoms. The van der Waals surface area contributed by atoms with Crippen LogP contribution >= 0.6 is 0 Å². The molecule has 1 fully saturated rings. The number of rotatable bonds is 3. The Hall–Kier alpha value is -0.610. The van der Waals surface area contributed by atoms with Crippen LogP contribution in [0.1, 0.15) is 33.6 Å². The van der Waals surface area contributed by atoms with E-state index in [-0.39, 0.29) is 30.1 Å². The highest BCUT2D eigenvalue weighted by Gasteiger charge is 2.42. The zero-order valence-corrected chi connectivity index (χ0v) is 8.99. The summed E-state index contributed by atoms with van der Waals surface area (Å²) in [5.74, 6) is -0.820. The van der Waals surface area contributed by atoms with Gasteiger partial charge in [0.2, 0.25) is 0 Å². The van der Waals surface area contributed by atoms with Gasteiger partial charge in [-0.1, -0.05) is 0 Å². The van der Waals surface area contributed by atoms with Gasteiger partial charge >= 0.3 is 5.97 Å². The zero-order valence-electron chi connectivity index (χ0n) is 8.99. The SMILES string of the molecule is CC(C)(C)O[C@@H]1C[C@H](N)[C@H]1CC(=O)O. The number of carbonyl (C=O) groups is 1. The summed E-state index contributed by atoms with van der Waals surface area (Å²) in [4.78, 5) is 10.5. The molecule has 82 valence electrons. The van der Waals surface area contributed by atoms with Crippen LogP contribution in [-0.4, -0.2) is 28.8 Å². The molecule has 1 saturated carbocycles. The van der Waals surface area contributed by atoms with Crippen molar-refractivity contribution in [2.24, 2.45) is 11.7 Å². The van der Waals surface area contributed by atoms with Gasteiger partial charge in [-0.2, -0.15) is 0 Å². The fourth-order valence-electron chi connectivity index (χ4n) is 1.77. The Morgan fingerprint density at radius 1 is 1.57 bits per heavy atom. The van der Waals surface area contributed by atoms with Crippen molar-refractivity contribution in [3.8, 4) is 0 Å². The second-order valence-corrected chi connectivity index (χ2v) is 4.93. The third kappa shape index (κ3) is 2.96. The van der Waals surface area contributed by atoms with Crippen LogP contribution in [0, 0.1) is 5.92 Å². The Morgan fingerprint density at radius 3 is 2.50 bits per heavy atom. The molecule has 0 aromatic rings. The van der Waals surface area contributed by atoms with Gasteiger partial charge in [0.05, 0.1) is 18.1 Å². The Labute approximate surface area is 84.4 Å². The lowest BCUT2D eigenvalue weighted by Crippen LogP contribution is -2.54. The number of carboxylic acids is 1. The number of ether oxygens (including phenoxy) is 1. The second kappa shape index (κ2) is 3.87. The molecular formula is C10H19NO3. The van der Waals surface area contributed by atoms with Gasteiger partial charge in [0.25, 0.3) is 0 Å². The van der Waals surface area contributed by atoms with Gasteiger partial charge in [-0.25, -0.2) is 0 Å². The number of nitrogens with two attached hydrogens (primary N) is 1. The molecule has 0 aromatic carbocycles. The minimum absolute atomic E-state index is 0.0149. The predicted octanol–water partition coefficient (Wildman–Crippen LogP) is 0.992. The molecule has 0 aromatic heterocycles. The zero-order chi connectivity index (χ0) is 10.9. The van der Waals surface area contributed by atoms with Gasteiger partial charge in [0.15, 0.2) is 0 Å². The van der Waals surface area contributed by atoms with Crippen LogP contribution in [0.2, 0.25) is 0 Å². The molecule has 0 saturated heterocycles. The first-order chi connectivity index (χ1) is 6.29. The van der Waals surface area contributed by atoms with E-state index in [1.54, 1.807) is 0 Å². The monoisotopic (exact) mass is 201 g/mol. The molecule has 0 heterocycles. The first-order valence-electron chi connectivity index (χ1n) is 4.95. The third-order valence-electron chi connectivity index (χ3n) is 2.45. The summed E-state index contributed by atoms with van der Waals surface area (Å²) in [6.07, 6.45) is 0.901. The van der Waals surface area contributed by atoms with Crippen LogP contribution in [0.4, 0.5) is 0 Å². The third-order valence-corrected chi connectivity index (χ3v) is 2.45. The van der Waals surface area contributed by atoms with Gasteiger partial charge in [0, 0.05) is 12.0 Å². The summed E-state index contributed by atoms with van der Waals surface area (Å²) in [6.45, 7) is 5.90. The molecule has 3 atom stereocenters. The molecule has 4 nitrogen and oxygen atoms in total. The summed E-state index contributed by atoms with van der Waals surface area (Å²) >= 11 is 0. The molecule has 1 aliphatic rings. The number of hydrogen-bond acceptors (Lipinski definition) is 3. The van der Waals surface area contributed by atoms with Crippen LogP contribution in [0.5, 0.6) is 0 Å². The molecule has 0 aliphatic heterocycles. The first kappa shape index (κ1) is 11.5. The average molecular weight is 201 g/mol. The van der Waals surface area contributed by atoms with Gasteiger partial charge < -0.3 is 15.6 Å². The molecule has 4 heteroatoms. The summed E-state index contributed by atoms with van der Waals surface area (Å²) < 4.78 is 5.71.